The smallest absolute Gasteiger partial charge is 0.166 e. The number of aryl methyl sites for hydroxylation is 2. The summed E-state index contributed by atoms with van der Waals surface area (Å²) in [5.41, 5.74) is 8.71. The van der Waals surface area contributed by atoms with Crippen LogP contribution in [0.25, 0.3) is 0 Å². The number of ether oxygens (including phenoxy) is 1. The van der Waals surface area contributed by atoms with E-state index < -0.39 is 0 Å². The maximum absolute atomic E-state index is 5.85. The van der Waals surface area contributed by atoms with Crippen LogP contribution < -0.4 is 10.5 Å². The molecule has 0 atom stereocenters. The maximum Gasteiger partial charge on any atom is 0.166 e. The van der Waals surface area contributed by atoms with E-state index in [-0.39, 0.29) is 0 Å². The number of nitrogens with zero attached hydrogens (tertiary/aromatic N) is 2. The normalized spacial score (nSPS) is 10.2. The molecule has 0 bridgehead atoms. The number of nitrogen functional groups attached to an aromatic ring is 1. The fraction of sp³-hybridized carbons (Fsp3) is 0.231. The van der Waals surface area contributed by atoms with Crippen molar-refractivity contribution in [2.24, 2.45) is 0 Å². The Morgan fingerprint density at radius 3 is 2.53 bits per heavy atom. The molecule has 17 heavy (non-hydrogen) atoms. The molecule has 4 heteroatoms. The van der Waals surface area contributed by atoms with Gasteiger partial charge in [-0.2, -0.15) is 0 Å². The third-order valence-electron chi connectivity index (χ3n) is 2.54. The first-order chi connectivity index (χ1) is 8.16. The Morgan fingerprint density at radius 1 is 1.12 bits per heavy atom. The molecule has 88 valence electrons. The molecule has 1 aromatic carbocycles. The summed E-state index contributed by atoms with van der Waals surface area (Å²) in [5.74, 6) is 1.44. The van der Waals surface area contributed by atoms with Crippen molar-refractivity contribution in [3.63, 3.8) is 0 Å². The van der Waals surface area contributed by atoms with Crippen LogP contribution >= 0.6 is 0 Å². The first-order valence-electron chi connectivity index (χ1n) is 5.42. The van der Waals surface area contributed by atoms with Gasteiger partial charge in [-0.15, -0.1) is 0 Å². The van der Waals surface area contributed by atoms with Gasteiger partial charge in [0.25, 0.3) is 0 Å². The summed E-state index contributed by atoms with van der Waals surface area (Å²) in [4.78, 5) is 8.19. The summed E-state index contributed by atoms with van der Waals surface area (Å²) >= 11 is 0. The molecule has 1 heterocycles. The minimum absolute atomic E-state index is 0.351. The zero-order chi connectivity index (χ0) is 12.3. The van der Waals surface area contributed by atoms with Crippen molar-refractivity contribution in [2.75, 3.05) is 5.73 Å². The second kappa shape index (κ2) is 4.82. The number of nitrogens with two attached hydrogens (primary N) is 1. The molecule has 2 aromatic rings. The summed E-state index contributed by atoms with van der Waals surface area (Å²) < 4.78 is 5.65. The minimum atomic E-state index is 0.351. The molecule has 0 aliphatic rings. The monoisotopic (exact) mass is 229 g/mol. The van der Waals surface area contributed by atoms with E-state index in [1.807, 2.05) is 26.0 Å². The molecule has 0 spiro atoms. The highest BCUT2D eigenvalue weighted by molar-refractivity contribution is 5.54. The Morgan fingerprint density at radius 2 is 1.82 bits per heavy atom. The Hall–Kier alpha value is -2.10. The van der Waals surface area contributed by atoms with E-state index in [2.05, 4.69) is 9.97 Å². The van der Waals surface area contributed by atoms with E-state index in [1.54, 1.807) is 18.5 Å². The molecule has 0 unspecified atom stereocenters. The summed E-state index contributed by atoms with van der Waals surface area (Å²) in [6.45, 7) is 4.32. The van der Waals surface area contributed by atoms with Crippen molar-refractivity contribution in [3.8, 4) is 5.75 Å². The van der Waals surface area contributed by atoms with Crippen LogP contribution in [0.4, 0.5) is 5.69 Å². The lowest BCUT2D eigenvalue weighted by Gasteiger charge is -2.10. The van der Waals surface area contributed by atoms with E-state index in [1.165, 1.54) is 0 Å². The van der Waals surface area contributed by atoms with Crippen LogP contribution in [0, 0.1) is 13.8 Å². The van der Waals surface area contributed by atoms with Crippen LogP contribution in [0.5, 0.6) is 5.75 Å². The van der Waals surface area contributed by atoms with Crippen molar-refractivity contribution in [3.05, 3.63) is 47.5 Å². The van der Waals surface area contributed by atoms with Crippen LogP contribution in [-0.2, 0) is 6.61 Å². The lowest BCUT2D eigenvalue weighted by Crippen LogP contribution is -2.02. The van der Waals surface area contributed by atoms with E-state index in [0.717, 1.165) is 22.6 Å². The molecule has 2 N–H and O–H groups in total. The number of benzene rings is 1. The maximum atomic E-state index is 5.85. The number of anilines is 1. The quantitative estimate of drug-likeness (QED) is 0.820. The zero-order valence-corrected chi connectivity index (χ0v) is 9.97. The molecule has 4 nitrogen and oxygen atoms in total. The van der Waals surface area contributed by atoms with E-state index in [9.17, 15) is 0 Å². The second-order valence-corrected chi connectivity index (χ2v) is 3.93. The summed E-state index contributed by atoms with van der Waals surface area (Å²) in [6, 6.07) is 5.63. The molecular formula is C13H15N3O. The van der Waals surface area contributed by atoms with Gasteiger partial charge in [-0.1, -0.05) is 6.07 Å². The van der Waals surface area contributed by atoms with Crippen molar-refractivity contribution in [1.29, 1.82) is 0 Å². The largest absolute Gasteiger partial charge is 0.485 e. The Bertz CT molecular complexity index is 512. The van der Waals surface area contributed by atoms with Gasteiger partial charge in [-0.05, 0) is 31.0 Å². The third-order valence-corrected chi connectivity index (χ3v) is 2.54. The molecule has 0 radical (unpaired) electrons. The van der Waals surface area contributed by atoms with Gasteiger partial charge in [0, 0.05) is 24.1 Å². The third kappa shape index (κ3) is 2.72. The van der Waals surface area contributed by atoms with Crippen molar-refractivity contribution in [2.45, 2.75) is 20.5 Å². The number of hydrogen-bond acceptors (Lipinski definition) is 4. The first kappa shape index (κ1) is 11.4. The van der Waals surface area contributed by atoms with Gasteiger partial charge in [0.05, 0.1) is 0 Å². The fourth-order valence-electron chi connectivity index (χ4n) is 1.55. The highest BCUT2D eigenvalue weighted by Gasteiger charge is 2.04. The first-order valence-corrected chi connectivity index (χ1v) is 5.42. The average molecular weight is 229 g/mol. The predicted molar refractivity (Wildman–Crippen MR) is 66.7 cm³/mol. The van der Waals surface area contributed by atoms with Gasteiger partial charge < -0.3 is 10.5 Å². The van der Waals surface area contributed by atoms with Crippen LogP contribution in [0.15, 0.2) is 30.6 Å². The van der Waals surface area contributed by atoms with Gasteiger partial charge in [0.1, 0.15) is 12.4 Å². The highest BCUT2D eigenvalue weighted by Crippen LogP contribution is 2.24. The van der Waals surface area contributed by atoms with Crippen molar-refractivity contribution >= 4 is 5.69 Å². The summed E-state index contributed by atoms with van der Waals surface area (Å²) in [7, 11) is 0. The predicted octanol–water partition coefficient (Wildman–Crippen LogP) is 2.25. The fourth-order valence-corrected chi connectivity index (χ4v) is 1.55. The summed E-state index contributed by atoms with van der Waals surface area (Å²) in [5, 5.41) is 0. The lowest BCUT2D eigenvalue weighted by atomic mass is 10.1. The zero-order valence-electron chi connectivity index (χ0n) is 9.97. The van der Waals surface area contributed by atoms with Gasteiger partial charge in [-0.3, -0.25) is 0 Å². The molecule has 0 saturated carbocycles. The topological polar surface area (TPSA) is 61.0 Å². The standard InChI is InChI=1S/C13H15N3O/c1-9-6-10(2)12(7-11(9)14)17-8-13-15-4-3-5-16-13/h3-7H,8,14H2,1-2H3. The van der Waals surface area contributed by atoms with E-state index in [4.69, 9.17) is 10.5 Å². The second-order valence-electron chi connectivity index (χ2n) is 3.93. The summed E-state index contributed by atoms with van der Waals surface area (Å²) in [6.07, 6.45) is 3.39. The molecule has 0 aliphatic heterocycles. The molecule has 2 rings (SSSR count). The van der Waals surface area contributed by atoms with Gasteiger partial charge in [0.15, 0.2) is 5.82 Å². The van der Waals surface area contributed by atoms with Crippen LogP contribution in [0.2, 0.25) is 0 Å². The molecule has 0 fully saturated rings. The van der Waals surface area contributed by atoms with E-state index in [0.29, 0.717) is 12.4 Å². The molecule has 0 saturated heterocycles. The van der Waals surface area contributed by atoms with Gasteiger partial charge in [-0.25, -0.2) is 9.97 Å². The molecule has 0 aliphatic carbocycles. The lowest BCUT2D eigenvalue weighted by molar-refractivity contribution is 0.294. The minimum Gasteiger partial charge on any atom is -0.485 e. The van der Waals surface area contributed by atoms with Gasteiger partial charge in [0.2, 0.25) is 0 Å². The Kier molecular flexibility index (Phi) is 3.23. The Labute approximate surface area is 100 Å². The molecule has 0 amide bonds. The highest BCUT2D eigenvalue weighted by atomic mass is 16.5. The SMILES string of the molecule is Cc1cc(C)c(OCc2ncccn2)cc1N. The Balaban J connectivity index is 2.12. The van der Waals surface area contributed by atoms with Crippen LogP contribution in [0.1, 0.15) is 17.0 Å². The van der Waals surface area contributed by atoms with E-state index >= 15 is 0 Å². The number of aromatic nitrogens is 2. The average Bonchev–Trinajstić information content (AvgIpc) is 2.33. The van der Waals surface area contributed by atoms with Crippen LogP contribution in [-0.4, -0.2) is 9.97 Å². The van der Waals surface area contributed by atoms with Crippen molar-refractivity contribution < 1.29 is 4.74 Å². The van der Waals surface area contributed by atoms with Crippen LogP contribution in [0.3, 0.4) is 0 Å². The van der Waals surface area contributed by atoms with Gasteiger partial charge >= 0.3 is 0 Å². The number of hydrogen-bond donors (Lipinski definition) is 1. The molecule has 1 aromatic heterocycles. The van der Waals surface area contributed by atoms with Crippen molar-refractivity contribution in [1.82, 2.24) is 9.97 Å². The molecular weight excluding hydrogens is 214 g/mol. The number of rotatable bonds is 3.